The lowest BCUT2D eigenvalue weighted by molar-refractivity contribution is 0.221. The fraction of sp³-hybridized carbons (Fsp3) is 0.238. The highest BCUT2D eigenvalue weighted by Crippen LogP contribution is 2.28. The zero-order chi connectivity index (χ0) is 17.8. The van der Waals surface area contributed by atoms with Gasteiger partial charge in [0.2, 0.25) is 0 Å². The van der Waals surface area contributed by atoms with Crippen LogP contribution < -0.4 is 5.32 Å². The summed E-state index contributed by atoms with van der Waals surface area (Å²) < 4.78 is 0. The molecule has 0 bridgehead atoms. The molecule has 2 aromatic carbocycles. The number of hydrogen-bond donors (Lipinski definition) is 2. The summed E-state index contributed by atoms with van der Waals surface area (Å²) >= 11 is 0. The predicted octanol–water partition coefficient (Wildman–Crippen LogP) is 4.17. The number of nitrogens with one attached hydrogen (secondary N) is 2. The number of anilines is 1. The number of rotatable bonds is 4. The van der Waals surface area contributed by atoms with Crippen LogP contribution in [0, 0.1) is 5.92 Å². The van der Waals surface area contributed by atoms with Crippen LogP contribution in [-0.4, -0.2) is 34.2 Å². The molecule has 132 valence electrons. The maximum absolute atomic E-state index is 12.7. The van der Waals surface area contributed by atoms with Crippen molar-refractivity contribution in [2.45, 2.75) is 12.8 Å². The summed E-state index contributed by atoms with van der Waals surface area (Å²) in [6.07, 6.45) is 5.66. The SMILES string of the molecule is O=C(Nc1ccccc1-c1cn[nH]c1)N1CC[C@@H](Cc2ccccc2)C1. The number of aromatic amines is 1. The molecule has 2 amide bonds. The van der Waals surface area contributed by atoms with Crippen molar-refractivity contribution in [3.05, 3.63) is 72.6 Å². The van der Waals surface area contributed by atoms with E-state index >= 15 is 0 Å². The highest BCUT2D eigenvalue weighted by molar-refractivity contribution is 5.94. The molecule has 0 spiro atoms. The predicted molar refractivity (Wildman–Crippen MR) is 103 cm³/mol. The lowest BCUT2D eigenvalue weighted by atomic mass is 9.99. The Morgan fingerprint density at radius 1 is 1.15 bits per heavy atom. The third-order valence-corrected chi connectivity index (χ3v) is 4.92. The molecule has 5 heteroatoms. The monoisotopic (exact) mass is 346 g/mol. The first-order valence-electron chi connectivity index (χ1n) is 8.97. The molecule has 3 aromatic rings. The number of carbonyl (C=O) groups is 1. The average Bonchev–Trinajstić information content (AvgIpc) is 3.35. The molecule has 1 aliphatic rings. The smallest absolute Gasteiger partial charge is 0.321 e. The number of carbonyl (C=O) groups excluding carboxylic acids is 1. The van der Waals surface area contributed by atoms with Crippen molar-refractivity contribution in [2.24, 2.45) is 5.92 Å². The minimum Gasteiger partial charge on any atom is -0.324 e. The fourth-order valence-electron chi connectivity index (χ4n) is 3.57. The van der Waals surface area contributed by atoms with Crippen molar-refractivity contribution in [3.63, 3.8) is 0 Å². The molecule has 2 N–H and O–H groups in total. The normalized spacial score (nSPS) is 16.6. The van der Waals surface area contributed by atoms with E-state index in [1.165, 1.54) is 5.56 Å². The number of urea groups is 1. The van der Waals surface area contributed by atoms with Gasteiger partial charge in [0, 0.05) is 30.4 Å². The van der Waals surface area contributed by atoms with Crippen LogP contribution in [0.5, 0.6) is 0 Å². The maximum Gasteiger partial charge on any atom is 0.321 e. The Balaban J connectivity index is 1.40. The molecule has 1 saturated heterocycles. The van der Waals surface area contributed by atoms with Gasteiger partial charge in [0.15, 0.2) is 0 Å². The Bertz CT molecular complexity index is 861. The van der Waals surface area contributed by atoms with Crippen molar-refractivity contribution in [1.82, 2.24) is 15.1 Å². The number of hydrogen-bond acceptors (Lipinski definition) is 2. The number of amides is 2. The topological polar surface area (TPSA) is 61.0 Å². The molecule has 0 unspecified atom stereocenters. The number of benzene rings is 2. The number of aromatic nitrogens is 2. The van der Waals surface area contributed by atoms with Crippen molar-refractivity contribution in [3.8, 4) is 11.1 Å². The van der Waals surface area contributed by atoms with Gasteiger partial charge >= 0.3 is 6.03 Å². The number of nitrogens with zero attached hydrogens (tertiary/aromatic N) is 2. The largest absolute Gasteiger partial charge is 0.324 e. The molecular weight excluding hydrogens is 324 g/mol. The van der Waals surface area contributed by atoms with Gasteiger partial charge < -0.3 is 10.2 Å². The van der Waals surface area contributed by atoms with Crippen LogP contribution in [0.1, 0.15) is 12.0 Å². The quantitative estimate of drug-likeness (QED) is 0.745. The standard InChI is InChI=1S/C21H22N4O/c26-21(24-20-9-5-4-8-19(20)18-13-22-23-14-18)25-11-10-17(15-25)12-16-6-2-1-3-7-16/h1-9,13-14,17H,10-12,15H2,(H,22,23)(H,24,26)/t17-/m0/s1. The van der Waals surface area contributed by atoms with Gasteiger partial charge in [-0.3, -0.25) is 5.10 Å². The summed E-state index contributed by atoms with van der Waals surface area (Å²) in [7, 11) is 0. The van der Waals surface area contributed by atoms with Gasteiger partial charge in [-0.05, 0) is 30.4 Å². The Hall–Kier alpha value is -3.08. The Morgan fingerprint density at radius 3 is 2.77 bits per heavy atom. The van der Waals surface area contributed by atoms with E-state index in [-0.39, 0.29) is 6.03 Å². The van der Waals surface area contributed by atoms with Gasteiger partial charge in [-0.15, -0.1) is 0 Å². The van der Waals surface area contributed by atoms with E-state index < -0.39 is 0 Å². The van der Waals surface area contributed by atoms with E-state index in [9.17, 15) is 4.79 Å². The average molecular weight is 346 g/mol. The third kappa shape index (κ3) is 3.61. The number of H-pyrrole nitrogens is 1. The molecule has 4 rings (SSSR count). The molecule has 2 heterocycles. The summed E-state index contributed by atoms with van der Waals surface area (Å²) in [5, 5.41) is 9.89. The Morgan fingerprint density at radius 2 is 1.96 bits per heavy atom. The molecule has 26 heavy (non-hydrogen) atoms. The summed E-state index contributed by atoms with van der Waals surface area (Å²) in [6.45, 7) is 1.60. The molecule has 5 nitrogen and oxygen atoms in total. The highest BCUT2D eigenvalue weighted by atomic mass is 16.2. The molecule has 0 radical (unpaired) electrons. The zero-order valence-electron chi connectivity index (χ0n) is 14.6. The highest BCUT2D eigenvalue weighted by Gasteiger charge is 2.26. The van der Waals surface area contributed by atoms with Crippen molar-refractivity contribution in [2.75, 3.05) is 18.4 Å². The van der Waals surface area contributed by atoms with Crippen molar-refractivity contribution < 1.29 is 4.79 Å². The zero-order valence-corrected chi connectivity index (χ0v) is 14.6. The van der Waals surface area contributed by atoms with Crippen LogP contribution in [0.3, 0.4) is 0 Å². The maximum atomic E-state index is 12.7. The minimum absolute atomic E-state index is 0.0310. The first kappa shape index (κ1) is 16.4. The van der Waals surface area contributed by atoms with Gasteiger partial charge in [0.05, 0.1) is 11.9 Å². The lowest BCUT2D eigenvalue weighted by Gasteiger charge is -2.19. The lowest BCUT2D eigenvalue weighted by Crippen LogP contribution is -2.33. The molecule has 1 aliphatic heterocycles. The number of para-hydroxylation sites is 1. The second-order valence-electron chi connectivity index (χ2n) is 6.75. The van der Waals surface area contributed by atoms with Crippen LogP contribution in [0.2, 0.25) is 0 Å². The number of likely N-dealkylation sites (tertiary alicyclic amines) is 1. The van der Waals surface area contributed by atoms with E-state index in [1.807, 2.05) is 41.4 Å². The second-order valence-corrected chi connectivity index (χ2v) is 6.75. The van der Waals surface area contributed by atoms with Gasteiger partial charge in [-0.2, -0.15) is 5.10 Å². The summed E-state index contributed by atoms with van der Waals surface area (Å²) in [5.74, 6) is 0.521. The summed E-state index contributed by atoms with van der Waals surface area (Å²) in [6, 6.07) is 18.3. The van der Waals surface area contributed by atoms with Crippen LogP contribution >= 0.6 is 0 Å². The molecule has 0 saturated carbocycles. The van der Waals surface area contributed by atoms with E-state index in [1.54, 1.807) is 6.20 Å². The van der Waals surface area contributed by atoms with Gasteiger partial charge in [-0.1, -0.05) is 48.5 Å². The first-order chi connectivity index (χ1) is 12.8. The summed E-state index contributed by atoms with van der Waals surface area (Å²) in [5.41, 5.74) is 4.08. The fourth-order valence-corrected chi connectivity index (χ4v) is 3.57. The molecule has 1 aromatic heterocycles. The molecule has 1 fully saturated rings. The first-order valence-corrected chi connectivity index (χ1v) is 8.97. The van der Waals surface area contributed by atoms with Crippen LogP contribution in [0.25, 0.3) is 11.1 Å². The Kier molecular flexibility index (Phi) is 4.69. The molecule has 0 aliphatic carbocycles. The minimum atomic E-state index is -0.0310. The summed E-state index contributed by atoms with van der Waals surface area (Å²) in [4.78, 5) is 14.6. The second kappa shape index (κ2) is 7.44. The van der Waals surface area contributed by atoms with Crippen LogP contribution in [-0.2, 0) is 6.42 Å². The van der Waals surface area contributed by atoms with Gasteiger partial charge in [0.1, 0.15) is 0 Å². The Labute approximate surface area is 153 Å². The van der Waals surface area contributed by atoms with Crippen molar-refractivity contribution >= 4 is 11.7 Å². The van der Waals surface area contributed by atoms with E-state index in [0.29, 0.717) is 5.92 Å². The van der Waals surface area contributed by atoms with E-state index in [0.717, 1.165) is 42.7 Å². The van der Waals surface area contributed by atoms with Crippen LogP contribution in [0.15, 0.2) is 67.0 Å². The molecule has 1 atom stereocenters. The van der Waals surface area contributed by atoms with E-state index in [2.05, 4.69) is 39.8 Å². The van der Waals surface area contributed by atoms with E-state index in [4.69, 9.17) is 0 Å². The van der Waals surface area contributed by atoms with Crippen LogP contribution in [0.4, 0.5) is 10.5 Å². The van der Waals surface area contributed by atoms with Gasteiger partial charge in [0.25, 0.3) is 0 Å². The molecular formula is C21H22N4O. The third-order valence-electron chi connectivity index (χ3n) is 4.92. The van der Waals surface area contributed by atoms with Crippen molar-refractivity contribution in [1.29, 1.82) is 0 Å². The van der Waals surface area contributed by atoms with Gasteiger partial charge in [-0.25, -0.2) is 4.79 Å².